The molecule has 1 aliphatic heterocycles. The van der Waals surface area contributed by atoms with Crippen molar-refractivity contribution in [2.24, 2.45) is 5.41 Å². The van der Waals surface area contributed by atoms with Gasteiger partial charge in [0.2, 0.25) is 6.43 Å². The average Bonchev–Trinajstić information content (AvgIpc) is 2.24. The van der Waals surface area contributed by atoms with Gasteiger partial charge in [0.25, 0.3) is 0 Å². The molecule has 0 saturated carbocycles. The summed E-state index contributed by atoms with van der Waals surface area (Å²) in [6.07, 6.45) is -2.96. The zero-order chi connectivity index (χ0) is 11.8. The van der Waals surface area contributed by atoms with Gasteiger partial charge in [-0.15, -0.1) is 0 Å². The van der Waals surface area contributed by atoms with E-state index in [1.54, 1.807) is 24.3 Å². The number of alkyl halides is 2. The number of Topliss-reactive ketones (excluding diaryl/α,β-unsaturated/α-hetero) is 1. The van der Waals surface area contributed by atoms with Crippen LogP contribution in [-0.4, -0.2) is 18.8 Å². The lowest BCUT2D eigenvalue weighted by Crippen LogP contribution is -2.39. The quantitative estimate of drug-likeness (QED) is 0.775. The molecule has 0 fully saturated rings. The van der Waals surface area contributed by atoms with Crippen molar-refractivity contribution in [1.29, 1.82) is 0 Å². The third-order valence-electron chi connectivity index (χ3n) is 2.83. The third kappa shape index (κ3) is 1.79. The lowest BCUT2D eigenvalue weighted by Gasteiger charge is -2.32. The summed E-state index contributed by atoms with van der Waals surface area (Å²) in [6, 6.07) is 6.74. The smallest absolute Gasteiger partial charge is 0.239 e. The number of benzene rings is 1. The molecule has 2 nitrogen and oxygen atoms in total. The van der Waals surface area contributed by atoms with E-state index in [4.69, 9.17) is 4.74 Å². The Bertz CT molecular complexity index is 417. The highest BCUT2D eigenvalue weighted by atomic mass is 19.3. The lowest BCUT2D eigenvalue weighted by molar-refractivity contribution is 0.0339. The van der Waals surface area contributed by atoms with Gasteiger partial charge < -0.3 is 4.74 Å². The van der Waals surface area contributed by atoms with Crippen molar-refractivity contribution in [3.63, 3.8) is 0 Å². The van der Waals surface area contributed by atoms with E-state index >= 15 is 0 Å². The number of carbonyl (C=O) groups is 1. The fourth-order valence-corrected chi connectivity index (χ4v) is 1.90. The molecule has 0 saturated heterocycles. The van der Waals surface area contributed by atoms with Gasteiger partial charge in [-0.25, -0.2) is 8.78 Å². The molecule has 1 heterocycles. The van der Waals surface area contributed by atoms with Crippen LogP contribution in [0.15, 0.2) is 24.3 Å². The number of rotatable bonds is 2. The fourth-order valence-electron chi connectivity index (χ4n) is 1.90. The Balaban J connectivity index is 2.34. The van der Waals surface area contributed by atoms with Gasteiger partial charge in [0.05, 0.1) is 11.0 Å². The number of ketones is 1. The molecular formula is C12H12F2O2. The molecule has 0 spiro atoms. The zero-order valence-corrected chi connectivity index (χ0v) is 8.87. The van der Waals surface area contributed by atoms with Crippen LogP contribution in [0.25, 0.3) is 0 Å². The molecule has 0 radical (unpaired) electrons. The van der Waals surface area contributed by atoms with E-state index in [9.17, 15) is 13.6 Å². The predicted octanol–water partition coefficient (Wildman–Crippen LogP) is 2.92. The second kappa shape index (κ2) is 3.85. The minimum Gasteiger partial charge on any atom is -0.492 e. The summed E-state index contributed by atoms with van der Waals surface area (Å²) in [5, 5.41) is 0. The van der Waals surface area contributed by atoms with Gasteiger partial charge in [-0.2, -0.15) is 0 Å². The Labute approximate surface area is 92.2 Å². The molecule has 1 unspecified atom stereocenters. The van der Waals surface area contributed by atoms with Gasteiger partial charge in [0.15, 0.2) is 5.78 Å². The van der Waals surface area contributed by atoms with Gasteiger partial charge >= 0.3 is 0 Å². The third-order valence-corrected chi connectivity index (χ3v) is 2.83. The van der Waals surface area contributed by atoms with Crippen molar-refractivity contribution in [1.82, 2.24) is 0 Å². The zero-order valence-electron chi connectivity index (χ0n) is 8.87. The van der Waals surface area contributed by atoms with Crippen LogP contribution in [0.3, 0.4) is 0 Å². The van der Waals surface area contributed by atoms with E-state index < -0.39 is 18.3 Å². The predicted molar refractivity (Wildman–Crippen MR) is 55.0 cm³/mol. The molecule has 0 aromatic heterocycles. The second-order valence-electron chi connectivity index (χ2n) is 4.27. The number of carbonyl (C=O) groups excluding carboxylic acids is 1. The summed E-state index contributed by atoms with van der Waals surface area (Å²) in [5.74, 6) is 0.230. The summed E-state index contributed by atoms with van der Waals surface area (Å²) in [6.45, 7) is 1.55. The molecule has 1 aromatic rings. The second-order valence-corrected chi connectivity index (χ2v) is 4.27. The molecule has 86 valence electrons. The van der Waals surface area contributed by atoms with Crippen LogP contribution in [0.1, 0.15) is 23.7 Å². The maximum absolute atomic E-state index is 12.4. The van der Waals surface area contributed by atoms with E-state index in [-0.39, 0.29) is 12.4 Å². The van der Waals surface area contributed by atoms with E-state index in [0.717, 1.165) is 0 Å². The van der Waals surface area contributed by atoms with Crippen LogP contribution in [0.4, 0.5) is 8.78 Å². The lowest BCUT2D eigenvalue weighted by atomic mass is 9.78. The highest BCUT2D eigenvalue weighted by Crippen LogP contribution is 2.37. The standard InChI is InChI=1S/C12H12F2O2/c1-12(6-10(13)14)7-16-9-5-3-2-4-8(9)11(12)15/h2-5,10H,6-7H2,1H3. The summed E-state index contributed by atoms with van der Waals surface area (Å²) >= 11 is 0. The van der Waals surface area contributed by atoms with Gasteiger partial charge in [-0.05, 0) is 19.1 Å². The summed E-state index contributed by atoms with van der Waals surface area (Å²) in [5.41, 5.74) is -0.709. The first kappa shape index (κ1) is 11.0. The molecule has 0 N–H and O–H groups in total. The maximum atomic E-state index is 12.4. The minimum absolute atomic E-state index is 0.0210. The van der Waals surface area contributed by atoms with E-state index in [0.29, 0.717) is 11.3 Å². The number of hydrogen-bond donors (Lipinski definition) is 0. The minimum atomic E-state index is -2.50. The molecule has 1 atom stereocenters. The Morgan fingerprint density at radius 1 is 1.44 bits per heavy atom. The molecule has 0 amide bonds. The topological polar surface area (TPSA) is 26.3 Å². The molecule has 2 rings (SSSR count). The Morgan fingerprint density at radius 2 is 2.12 bits per heavy atom. The van der Waals surface area contributed by atoms with Crippen molar-refractivity contribution in [3.8, 4) is 5.75 Å². The number of ether oxygens (including phenoxy) is 1. The number of hydrogen-bond acceptors (Lipinski definition) is 2. The van der Waals surface area contributed by atoms with Crippen LogP contribution >= 0.6 is 0 Å². The van der Waals surface area contributed by atoms with E-state index in [1.165, 1.54) is 6.92 Å². The van der Waals surface area contributed by atoms with Crippen molar-refractivity contribution in [2.75, 3.05) is 6.61 Å². The van der Waals surface area contributed by atoms with Crippen LogP contribution in [0, 0.1) is 5.41 Å². The van der Waals surface area contributed by atoms with Crippen molar-refractivity contribution < 1.29 is 18.3 Å². The molecular weight excluding hydrogens is 214 g/mol. The first-order chi connectivity index (χ1) is 7.53. The van der Waals surface area contributed by atoms with Crippen LogP contribution in [-0.2, 0) is 0 Å². The van der Waals surface area contributed by atoms with Crippen molar-refractivity contribution >= 4 is 5.78 Å². The highest BCUT2D eigenvalue weighted by Gasteiger charge is 2.41. The summed E-state index contributed by atoms with van der Waals surface area (Å²) in [4.78, 5) is 12.1. The normalized spacial score (nSPS) is 24.1. The van der Waals surface area contributed by atoms with Gasteiger partial charge in [-0.1, -0.05) is 12.1 Å². The maximum Gasteiger partial charge on any atom is 0.239 e. The SMILES string of the molecule is CC1(CC(F)F)COc2ccccc2C1=O. The van der Waals surface area contributed by atoms with Gasteiger partial charge in [0.1, 0.15) is 12.4 Å². The fraction of sp³-hybridized carbons (Fsp3) is 0.417. The van der Waals surface area contributed by atoms with Crippen molar-refractivity contribution in [2.45, 2.75) is 19.8 Å². The Kier molecular flexibility index (Phi) is 2.66. The highest BCUT2D eigenvalue weighted by molar-refractivity contribution is 6.03. The molecule has 0 aliphatic carbocycles. The number of halogens is 2. The monoisotopic (exact) mass is 226 g/mol. The molecule has 1 aliphatic rings. The van der Waals surface area contributed by atoms with Crippen molar-refractivity contribution in [3.05, 3.63) is 29.8 Å². The molecule has 4 heteroatoms. The van der Waals surface area contributed by atoms with Gasteiger partial charge in [-0.3, -0.25) is 4.79 Å². The van der Waals surface area contributed by atoms with E-state index in [1.807, 2.05) is 0 Å². The summed E-state index contributed by atoms with van der Waals surface area (Å²) < 4.78 is 30.2. The first-order valence-corrected chi connectivity index (χ1v) is 5.08. The largest absolute Gasteiger partial charge is 0.492 e. The average molecular weight is 226 g/mol. The summed E-state index contributed by atoms with van der Waals surface area (Å²) in [7, 11) is 0. The number of fused-ring (bicyclic) bond motifs is 1. The van der Waals surface area contributed by atoms with Gasteiger partial charge in [0, 0.05) is 6.42 Å². The van der Waals surface area contributed by atoms with Crippen LogP contribution in [0.5, 0.6) is 5.75 Å². The molecule has 16 heavy (non-hydrogen) atoms. The number of para-hydroxylation sites is 1. The first-order valence-electron chi connectivity index (χ1n) is 5.08. The Morgan fingerprint density at radius 3 is 2.81 bits per heavy atom. The Hall–Kier alpha value is -1.45. The van der Waals surface area contributed by atoms with Crippen LogP contribution in [0.2, 0.25) is 0 Å². The van der Waals surface area contributed by atoms with Crippen LogP contribution < -0.4 is 4.74 Å². The molecule has 0 bridgehead atoms. The molecule has 1 aromatic carbocycles. The van der Waals surface area contributed by atoms with E-state index in [2.05, 4.69) is 0 Å².